The minimum absolute atomic E-state index is 0.0448. The SMILES string of the molecule is Cc1ncc(-c2ccc3c(c2)N(c2ccc(C)s2)C(=O)C3(C)C)cn1.Cc1ncc(-c2ccc3c(c2)N(c2cncn2C)C(=O)C3(C)C)cn1. The zero-order chi connectivity index (χ0) is 35.5. The number of nitrogens with zero attached hydrogens (tertiary/aromatic N) is 8. The van der Waals surface area contributed by atoms with E-state index in [1.54, 1.807) is 41.2 Å². The van der Waals surface area contributed by atoms with Gasteiger partial charge in [-0.2, -0.15) is 0 Å². The fraction of sp³-hybridized carbons (Fsp3) is 0.256. The lowest BCUT2D eigenvalue weighted by Gasteiger charge is -2.20. The number of anilines is 4. The monoisotopic (exact) mass is 682 g/mol. The Bertz CT molecular complexity index is 2270. The predicted octanol–water partition coefficient (Wildman–Crippen LogP) is 7.92. The van der Waals surface area contributed by atoms with Crippen LogP contribution in [0.1, 0.15) is 55.3 Å². The van der Waals surface area contributed by atoms with E-state index in [1.807, 2.05) is 101 Å². The van der Waals surface area contributed by atoms with Gasteiger partial charge >= 0.3 is 0 Å². The summed E-state index contributed by atoms with van der Waals surface area (Å²) in [6, 6.07) is 16.3. The minimum Gasteiger partial charge on any atom is -0.320 e. The summed E-state index contributed by atoms with van der Waals surface area (Å²) < 4.78 is 1.85. The molecule has 0 bridgehead atoms. The molecule has 2 aliphatic heterocycles. The first-order valence-corrected chi connectivity index (χ1v) is 17.2. The van der Waals surface area contributed by atoms with E-state index >= 15 is 0 Å². The quantitative estimate of drug-likeness (QED) is 0.186. The molecule has 2 aromatic carbocycles. The zero-order valence-corrected chi connectivity index (χ0v) is 30.2. The van der Waals surface area contributed by atoms with Gasteiger partial charge in [0.25, 0.3) is 0 Å². The summed E-state index contributed by atoms with van der Waals surface area (Å²) in [5, 5.41) is 0.964. The van der Waals surface area contributed by atoms with Crippen LogP contribution in [0.2, 0.25) is 0 Å². The maximum absolute atomic E-state index is 13.1. The second-order valence-corrected chi connectivity index (χ2v) is 15.0. The number of rotatable bonds is 4. The molecule has 8 rings (SSSR count). The van der Waals surface area contributed by atoms with Crippen molar-refractivity contribution in [2.45, 2.75) is 59.3 Å². The Labute approximate surface area is 295 Å². The number of thiophene rings is 1. The van der Waals surface area contributed by atoms with Crippen LogP contribution in [0, 0.1) is 20.8 Å². The lowest BCUT2D eigenvalue weighted by atomic mass is 9.85. The Morgan fingerprint density at radius 1 is 0.600 bits per heavy atom. The summed E-state index contributed by atoms with van der Waals surface area (Å²) in [7, 11) is 1.89. The molecule has 0 saturated carbocycles. The van der Waals surface area contributed by atoms with Crippen LogP contribution in [-0.4, -0.2) is 41.3 Å². The molecular formula is C39H38N8O2S. The number of imidazole rings is 1. The first-order chi connectivity index (χ1) is 23.8. The van der Waals surface area contributed by atoms with Crippen molar-refractivity contribution < 1.29 is 9.59 Å². The highest BCUT2D eigenvalue weighted by Gasteiger charge is 2.46. The highest BCUT2D eigenvalue weighted by atomic mass is 32.1. The van der Waals surface area contributed by atoms with E-state index in [0.717, 1.165) is 67.2 Å². The minimum atomic E-state index is -0.581. The molecule has 0 saturated heterocycles. The van der Waals surface area contributed by atoms with Crippen molar-refractivity contribution in [3.05, 3.63) is 113 Å². The summed E-state index contributed by atoms with van der Waals surface area (Å²) in [6.45, 7) is 13.7. The van der Waals surface area contributed by atoms with Gasteiger partial charge in [-0.25, -0.2) is 24.9 Å². The van der Waals surface area contributed by atoms with Gasteiger partial charge < -0.3 is 4.57 Å². The van der Waals surface area contributed by atoms with Crippen molar-refractivity contribution in [2.24, 2.45) is 7.05 Å². The van der Waals surface area contributed by atoms with Crippen molar-refractivity contribution >= 4 is 45.3 Å². The van der Waals surface area contributed by atoms with Crippen molar-refractivity contribution in [1.82, 2.24) is 29.5 Å². The summed E-state index contributed by atoms with van der Waals surface area (Å²) in [5.41, 5.74) is 6.67. The average molecular weight is 683 g/mol. The molecule has 6 heterocycles. The fourth-order valence-electron chi connectivity index (χ4n) is 6.49. The first kappa shape index (κ1) is 33.0. The third kappa shape index (κ3) is 5.47. The maximum Gasteiger partial charge on any atom is 0.242 e. The number of fused-ring (bicyclic) bond motifs is 2. The van der Waals surface area contributed by atoms with Gasteiger partial charge in [0, 0.05) is 47.8 Å². The molecular weight excluding hydrogens is 645 g/mol. The van der Waals surface area contributed by atoms with Crippen molar-refractivity contribution in [1.29, 1.82) is 0 Å². The Balaban J connectivity index is 0.000000157. The summed E-state index contributed by atoms with van der Waals surface area (Å²) in [6.07, 6.45) is 10.7. The van der Waals surface area contributed by atoms with Crippen LogP contribution in [0.3, 0.4) is 0 Å². The van der Waals surface area contributed by atoms with Crippen molar-refractivity contribution in [3.8, 4) is 22.3 Å². The number of amides is 2. The van der Waals surface area contributed by atoms with Gasteiger partial charge in [-0.15, -0.1) is 11.3 Å². The molecule has 0 fully saturated rings. The molecule has 2 aliphatic rings. The molecule has 252 valence electrons. The van der Waals surface area contributed by atoms with Gasteiger partial charge in [0.2, 0.25) is 11.8 Å². The average Bonchev–Trinajstić information content (AvgIpc) is 3.81. The van der Waals surface area contributed by atoms with Crippen LogP contribution >= 0.6 is 11.3 Å². The van der Waals surface area contributed by atoms with E-state index < -0.39 is 10.8 Å². The third-order valence-electron chi connectivity index (χ3n) is 9.49. The number of aryl methyl sites for hydroxylation is 4. The van der Waals surface area contributed by atoms with E-state index in [0.29, 0.717) is 0 Å². The van der Waals surface area contributed by atoms with E-state index in [4.69, 9.17) is 0 Å². The topological polar surface area (TPSA) is 110 Å². The van der Waals surface area contributed by atoms with Crippen molar-refractivity contribution in [2.75, 3.05) is 9.80 Å². The molecule has 0 aliphatic carbocycles. The lowest BCUT2D eigenvalue weighted by Crippen LogP contribution is -2.33. The Hall–Kier alpha value is -5.55. The van der Waals surface area contributed by atoms with Crippen LogP contribution in [0.15, 0.2) is 85.8 Å². The number of benzene rings is 2. The Morgan fingerprint density at radius 3 is 1.52 bits per heavy atom. The maximum atomic E-state index is 13.1. The molecule has 0 unspecified atom stereocenters. The van der Waals surface area contributed by atoms with Gasteiger partial charge in [0.15, 0.2) is 0 Å². The van der Waals surface area contributed by atoms with Crippen molar-refractivity contribution in [3.63, 3.8) is 0 Å². The number of carbonyl (C=O) groups is 2. The molecule has 4 aromatic heterocycles. The number of carbonyl (C=O) groups excluding carboxylic acids is 2. The van der Waals surface area contributed by atoms with E-state index in [-0.39, 0.29) is 11.8 Å². The van der Waals surface area contributed by atoms with Crippen LogP contribution in [0.25, 0.3) is 22.3 Å². The van der Waals surface area contributed by atoms with E-state index in [9.17, 15) is 9.59 Å². The normalized spacial score (nSPS) is 15.5. The van der Waals surface area contributed by atoms with Crippen LogP contribution in [0.4, 0.5) is 22.2 Å². The second-order valence-electron chi connectivity index (χ2n) is 13.8. The molecule has 0 radical (unpaired) electrons. The highest BCUT2D eigenvalue weighted by Crippen LogP contribution is 2.49. The van der Waals surface area contributed by atoms with Crippen LogP contribution < -0.4 is 9.80 Å². The molecule has 6 aromatic rings. The highest BCUT2D eigenvalue weighted by molar-refractivity contribution is 7.16. The predicted molar refractivity (Wildman–Crippen MR) is 197 cm³/mol. The summed E-state index contributed by atoms with van der Waals surface area (Å²) in [4.78, 5) is 52.2. The number of hydrogen-bond acceptors (Lipinski definition) is 8. The van der Waals surface area contributed by atoms with Gasteiger partial charge in [-0.05, 0) is 95.0 Å². The largest absolute Gasteiger partial charge is 0.320 e. The van der Waals surface area contributed by atoms with Crippen LogP contribution in [-0.2, 0) is 27.5 Å². The summed E-state index contributed by atoms with van der Waals surface area (Å²) >= 11 is 1.64. The zero-order valence-electron chi connectivity index (χ0n) is 29.4. The van der Waals surface area contributed by atoms with Crippen LogP contribution in [0.5, 0.6) is 0 Å². The second kappa shape index (κ2) is 12.1. The van der Waals surface area contributed by atoms with Gasteiger partial charge in [0.1, 0.15) is 22.5 Å². The Kier molecular flexibility index (Phi) is 7.98. The molecule has 0 atom stereocenters. The molecule has 11 heteroatoms. The van der Waals surface area contributed by atoms with Gasteiger partial charge in [0.05, 0.1) is 34.7 Å². The number of aromatic nitrogens is 6. The summed E-state index contributed by atoms with van der Waals surface area (Å²) in [5.74, 6) is 2.40. The lowest BCUT2D eigenvalue weighted by molar-refractivity contribution is -0.122. The molecule has 2 amide bonds. The molecule has 50 heavy (non-hydrogen) atoms. The van der Waals surface area contributed by atoms with E-state index in [1.165, 1.54) is 4.88 Å². The third-order valence-corrected chi connectivity index (χ3v) is 10.5. The van der Waals surface area contributed by atoms with Gasteiger partial charge in [-0.3, -0.25) is 19.4 Å². The molecule has 0 spiro atoms. The smallest absolute Gasteiger partial charge is 0.242 e. The fourth-order valence-corrected chi connectivity index (χ4v) is 7.37. The Morgan fingerprint density at radius 2 is 1.08 bits per heavy atom. The first-order valence-electron chi connectivity index (χ1n) is 16.4. The number of hydrogen-bond donors (Lipinski definition) is 0. The van der Waals surface area contributed by atoms with E-state index in [2.05, 4.69) is 50.0 Å². The van der Waals surface area contributed by atoms with Gasteiger partial charge in [-0.1, -0.05) is 24.3 Å². The standard InChI is InChI=1S/C20H19N3OS.C19H19N5O/c1-12-5-8-18(25-12)23-17-9-14(15-10-21-13(2)22-11-15)6-7-16(17)20(3,4)19(23)24;1-12-21-8-14(9-22-12)13-5-6-15-16(7-13)24(18(25)19(15,2)3)17-10-20-11-23(17)4/h2*5-11H,1-4H3. The molecule has 0 N–H and O–H groups in total. The molecule has 10 nitrogen and oxygen atoms in total.